The summed E-state index contributed by atoms with van der Waals surface area (Å²) in [5, 5.41) is 6.92. The first-order valence-corrected chi connectivity index (χ1v) is 10.0. The molecule has 0 aliphatic heterocycles. The molecule has 3 heterocycles. The zero-order valence-corrected chi connectivity index (χ0v) is 15.4. The number of aromatic nitrogens is 4. The van der Waals surface area contributed by atoms with Crippen molar-refractivity contribution in [3.63, 3.8) is 0 Å². The highest BCUT2D eigenvalue weighted by Crippen LogP contribution is 2.37. The van der Waals surface area contributed by atoms with Gasteiger partial charge in [-0.2, -0.15) is 0 Å². The molecule has 0 bridgehead atoms. The van der Waals surface area contributed by atoms with Crippen molar-refractivity contribution in [2.45, 2.75) is 36.6 Å². The van der Waals surface area contributed by atoms with Crippen LogP contribution in [0.1, 0.15) is 32.5 Å². The molecule has 0 aromatic carbocycles. The van der Waals surface area contributed by atoms with Crippen molar-refractivity contribution in [2.24, 2.45) is 0 Å². The van der Waals surface area contributed by atoms with E-state index in [0.717, 1.165) is 0 Å². The topological polar surface area (TPSA) is 89.2 Å². The summed E-state index contributed by atoms with van der Waals surface area (Å²) in [7, 11) is -3.92. The minimum Gasteiger partial charge on any atom is -0.295 e. The van der Waals surface area contributed by atoms with E-state index >= 15 is 0 Å². The molecule has 0 radical (unpaired) electrons. The predicted octanol–water partition coefficient (Wildman–Crippen LogP) is 3.27. The van der Waals surface area contributed by atoms with Gasteiger partial charge in [0, 0.05) is 13.1 Å². The second-order valence-corrected chi connectivity index (χ2v) is 9.09. The quantitative estimate of drug-likeness (QED) is 0.684. The van der Waals surface area contributed by atoms with Crippen LogP contribution < -0.4 is 4.72 Å². The zero-order valence-electron chi connectivity index (χ0n) is 14.0. The van der Waals surface area contributed by atoms with Crippen LogP contribution in [-0.4, -0.2) is 33.5 Å². The maximum Gasteiger partial charge on any atom is 0.291 e. The number of hydrogen-bond donors (Lipinski definition) is 1. The predicted molar refractivity (Wildman–Crippen MR) is 92.0 cm³/mol. The number of halogens is 3. The smallest absolute Gasteiger partial charge is 0.291 e. The van der Waals surface area contributed by atoms with Crippen molar-refractivity contribution in [2.75, 3.05) is 0 Å². The molecule has 0 atom stereocenters. The lowest BCUT2D eigenvalue weighted by Gasteiger charge is -2.13. The van der Waals surface area contributed by atoms with Crippen LogP contribution in [-0.2, 0) is 10.0 Å². The van der Waals surface area contributed by atoms with Crippen LogP contribution in [0.25, 0.3) is 16.3 Å². The Morgan fingerprint density at radius 3 is 2.85 bits per heavy atom. The second kappa shape index (κ2) is 5.91. The number of fused-ring (bicyclic) bond motifs is 1. The van der Waals surface area contributed by atoms with Gasteiger partial charge in [0.15, 0.2) is 15.8 Å². The van der Waals surface area contributed by atoms with Crippen LogP contribution >= 0.6 is 22.9 Å². The summed E-state index contributed by atoms with van der Waals surface area (Å²) >= 11 is 6.87. The summed E-state index contributed by atoms with van der Waals surface area (Å²) in [6.07, 6.45) is 1.14. The minimum atomic E-state index is -3.92. The highest BCUT2D eigenvalue weighted by molar-refractivity contribution is 7.89. The summed E-state index contributed by atoms with van der Waals surface area (Å²) in [4.78, 5) is 4.01. The molecule has 1 aliphatic carbocycles. The molecule has 1 aliphatic rings. The summed E-state index contributed by atoms with van der Waals surface area (Å²) in [6, 6.07) is 1.29. The maximum atomic E-state index is 12.8. The Labute approximate surface area is 157 Å². The number of sulfonamides is 1. The summed E-state index contributed by atoms with van der Waals surface area (Å²) < 4.78 is 62.4. The third kappa shape index (κ3) is 3.08. The van der Waals surface area contributed by atoms with E-state index in [1.807, 2.05) is 0 Å². The van der Waals surface area contributed by atoms with Gasteiger partial charge in [-0.05, 0) is 25.8 Å². The fraction of sp³-hybridized carbons (Fsp3) is 0.357. The third-order valence-corrected chi connectivity index (χ3v) is 6.68. The van der Waals surface area contributed by atoms with Crippen LogP contribution in [0.2, 0.25) is 5.02 Å². The van der Waals surface area contributed by atoms with Gasteiger partial charge in [-0.3, -0.25) is 4.40 Å². The summed E-state index contributed by atoms with van der Waals surface area (Å²) in [5.74, 6) is 0.162. The molecule has 0 unspecified atom stereocenters. The lowest BCUT2D eigenvalue weighted by Crippen LogP contribution is -2.34. The molecular formula is C14H12ClF2N5O2S2. The fourth-order valence-electron chi connectivity index (χ4n) is 2.35. The Balaban J connectivity index is 1.80. The van der Waals surface area contributed by atoms with Gasteiger partial charge in [0.2, 0.25) is 10.0 Å². The van der Waals surface area contributed by atoms with Crippen molar-refractivity contribution in [3.05, 3.63) is 28.5 Å². The van der Waals surface area contributed by atoms with Crippen molar-refractivity contribution in [1.82, 2.24) is 24.3 Å². The lowest BCUT2D eigenvalue weighted by atomic mass is 10.4. The average molecular weight is 421 g/mol. The molecule has 1 saturated carbocycles. The molecule has 4 rings (SSSR count). The van der Waals surface area contributed by atoms with Crippen molar-refractivity contribution in [3.8, 4) is 10.8 Å². The van der Waals surface area contributed by atoms with Crippen LogP contribution in [0.5, 0.6) is 0 Å². The molecule has 0 spiro atoms. The van der Waals surface area contributed by atoms with E-state index in [4.69, 9.17) is 13.0 Å². The van der Waals surface area contributed by atoms with E-state index in [1.165, 1.54) is 22.9 Å². The maximum absolute atomic E-state index is 12.8. The number of nitrogens with zero attached hydrogens (tertiary/aromatic N) is 4. The van der Waals surface area contributed by atoms with Gasteiger partial charge in [-0.25, -0.2) is 26.9 Å². The van der Waals surface area contributed by atoms with Gasteiger partial charge >= 0.3 is 0 Å². The van der Waals surface area contributed by atoms with Crippen LogP contribution in [0.3, 0.4) is 0 Å². The standard InChI is InChI=1S/C14H12ClF2N5O2S2/c1-14(2-3-14)21-26(23,24)7-4-8(15)9-5-18-11(22(9)6-7)13-20-19-12(25-13)10(16)17/h4-6,10,21H,2-3H2,1H3/i1D. The third-order valence-electron chi connectivity index (χ3n) is 3.90. The Kier molecular flexibility index (Phi) is 3.75. The van der Waals surface area contributed by atoms with Gasteiger partial charge in [0.05, 0.1) is 16.7 Å². The molecule has 3 aromatic rings. The van der Waals surface area contributed by atoms with E-state index in [1.54, 1.807) is 0 Å². The lowest BCUT2D eigenvalue weighted by molar-refractivity contribution is 0.150. The van der Waals surface area contributed by atoms with Crippen molar-refractivity contribution < 1.29 is 18.6 Å². The average Bonchev–Trinajstić information content (AvgIpc) is 3.03. The number of alkyl halides is 2. The SMILES string of the molecule is [2H]CC1(NS(=O)(=O)c2cc(Cl)c3cnc(-c4nnc(C(F)F)s4)n3c2)CC1. The largest absolute Gasteiger partial charge is 0.295 e. The minimum absolute atomic E-state index is 0.0558. The molecule has 0 saturated heterocycles. The van der Waals surface area contributed by atoms with E-state index in [2.05, 4.69) is 19.9 Å². The van der Waals surface area contributed by atoms with Crippen LogP contribution in [0.15, 0.2) is 23.4 Å². The number of hydrogen-bond acceptors (Lipinski definition) is 6. The molecule has 0 amide bonds. The first-order valence-electron chi connectivity index (χ1n) is 8.07. The highest BCUT2D eigenvalue weighted by Gasteiger charge is 2.41. The molecule has 1 fully saturated rings. The Morgan fingerprint density at radius 2 is 2.23 bits per heavy atom. The number of imidazole rings is 1. The molecule has 3 aromatic heterocycles. The van der Waals surface area contributed by atoms with E-state index in [-0.39, 0.29) is 27.6 Å². The monoisotopic (exact) mass is 420 g/mol. The van der Waals surface area contributed by atoms with Crippen LogP contribution in [0.4, 0.5) is 8.78 Å². The van der Waals surface area contributed by atoms with Crippen LogP contribution in [0, 0.1) is 0 Å². The molecule has 7 nitrogen and oxygen atoms in total. The molecule has 1 N–H and O–H groups in total. The summed E-state index contributed by atoms with van der Waals surface area (Å²) in [6.45, 7) is -0.0558. The zero-order chi connectivity index (χ0) is 19.4. The van der Waals surface area contributed by atoms with Gasteiger partial charge < -0.3 is 0 Å². The Hall–Kier alpha value is -1.69. The van der Waals surface area contributed by atoms with Gasteiger partial charge in [-0.1, -0.05) is 22.9 Å². The summed E-state index contributed by atoms with van der Waals surface area (Å²) in [5.41, 5.74) is -0.329. The highest BCUT2D eigenvalue weighted by atomic mass is 35.5. The van der Waals surface area contributed by atoms with Gasteiger partial charge in [0.1, 0.15) is 4.90 Å². The molecule has 138 valence electrons. The Morgan fingerprint density at radius 1 is 1.46 bits per heavy atom. The van der Waals surface area contributed by atoms with E-state index in [0.29, 0.717) is 29.7 Å². The number of pyridine rings is 1. The second-order valence-electron chi connectivity index (χ2n) is 5.99. The van der Waals surface area contributed by atoms with Crippen molar-refractivity contribution in [1.29, 1.82) is 0 Å². The number of rotatable bonds is 5. The van der Waals surface area contributed by atoms with E-state index in [9.17, 15) is 17.2 Å². The normalized spacial score (nSPS) is 17.0. The molecule has 26 heavy (non-hydrogen) atoms. The Bertz CT molecular complexity index is 1130. The fourth-order valence-corrected chi connectivity index (χ4v) is 4.77. The van der Waals surface area contributed by atoms with Gasteiger partial charge in [0.25, 0.3) is 6.43 Å². The van der Waals surface area contributed by atoms with E-state index < -0.39 is 27.0 Å². The van der Waals surface area contributed by atoms with Crippen molar-refractivity contribution >= 4 is 38.5 Å². The molecular weight excluding hydrogens is 408 g/mol. The number of nitrogens with one attached hydrogen (secondary N) is 1. The first-order chi connectivity index (χ1) is 12.7. The molecule has 12 heteroatoms. The van der Waals surface area contributed by atoms with Gasteiger partial charge in [-0.15, -0.1) is 10.2 Å². The first kappa shape index (κ1) is 16.5.